The Morgan fingerprint density at radius 2 is 1.70 bits per heavy atom. The molecule has 12 nitrogen and oxygen atoms in total. The Kier molecular flexibility index (Phi) is 9.32. The molecule has 2 aliphatic carbocycles. The topological polar surface area (TPSA) is 173 Å². The highest BCUT2D eigenvalue weighted by molar-refractivity contribution is 6.37. The van der Waals surface area contributed by atoms with Gasteiger partial charge in [0.25, 0.3) is 11.5 Å². The summed E-state index contributed by atoms with van der Waals surface area (Å²) in [6.07, 6.45) is 3.84. The third kappa shape index (κ3) is 7.15. The van der Waals surface area contributed by atoms with Crippen LogP contribution in [0.25, 0.3) is 0 Å². The summed E-state index contributed by atoms with van der Waals surface area (Å²) < 4.78 is 1.53. The van der Waals surface area contributed by atoms with Gasteiger partial charge in [-0.2, -0.15) is 0 Å². The van der Waals surface area contributed by atoms with Crippen LogP contribution in [0.3, 0.4) is 0 Å². The highest BCUT2D eigenvalue weighted by atomic mass is 16.2. The number of nitrogens with one attached hydrogen (secondary N) is 3. The molecule has 1 saturated heterocycles. The molecule has 1 aromatic rings. The summed E-state index contributed by atoms with van der Waals surface area (Å²) in [6, 6.07) is 1.06. The summed E-state index contributed by atoms with van der Waals surface area (Å²) in [5.74, 6) is -2.61. The van der Waals surface area contributed by atoms with Crippen molar-refractivity contribution in [2.24, 2.45) is 40.2 Å². The van der Waals surface area contributed by atoms with Crippen molar-refractivity contribution in [2.75, 3.05) is 6.54 Å². The maximum Gasteiger partial charge on any atom is 0.315 e. The Morgan fingerprint density at radius 1 is 1.05 bits per heavy atom. The van der Waals surface area contributed by atoms with Gasteiger partial charge in [0.05, 0.1) is 12.1 Å². The van der Waals surface area contributed by atoms with Crippen LogP contribution in [-0.2, 0) is 25.7 Å². The quantitative estimate of drug-likeness (QED) is 0.260. The van der Waals surface area contributed by atoms with E-state index in [1.54, 1.807) is 18.3 Å². The van der Waals surface area contributed by atoms with Gasteiger partial charge in [-0.1, -0.05) is 67.4 Å². The van der Waals surface area contributed by atoms with Crippen molar-refractivity contribution in [1.82, 2.24) is 25.4 Å². The van der Waals surface area contributed by atoms with Crippen molar-refractivity contribution < 1.29 is 24.0 Å². The zero-order valence-electron chi connectivity index (χ0n) is 26.9. The Hall–Kier alpha value is -3.70. The number of piperidine rings is 1. The third-order valence-corrected chi connectivity index (χ3v) is 9.70. The van der Waals surface area contributed by atoms with Gasteiger partial charge in [-0.25, -0.2) is 4.79 Å². The molecule has 0 spiro atoms. The monoisotopic (exact) mass is 612 g/mol. The lowest BCUT2D eigenvalue weighted by Crippen LogP contribution is -2.62. The number of Topliss-reactive ketones (excluding diaryl/α,β-unsaturated/α-hetero) is 1. The summed E-state index contributed by atoms with van der Waals surface area (Å²) in [5.41, 5.74) is 4.22. The van der Waals surface area contributed by atoms with Crippen LogP contribution in [0.4, 0.5) is 4.79 Å². The molecule has 1 aliphatic heterocycles. The molecule has 3 aliphatic rings. The van der Waals surface area contributed by atoms with Crippen LogP contribution in [-0.4, -0.2) is 69.7 Å². The number of carbonyl (C=O) groups excluding carboxylic acids is 5. The molecule has 12 heteroatoms. The smallest absolute Gasteiger partial charge is 0.315 e. The molecule has 4 rings (SSSR count). The molecule has 44 heavy (non-hydrogen) atoms. The lowest BCUT2D eigenvalue weighted by molar-refractivity contribution is -0.145. The number of primary amides is 1. The molecule has 0 aromatic carbocycles. The highest BCUT2D eigenvalue weighted by Gasteiger charge is 2.70. The molecule has 2 heterocycles. The summed E-state index contributed by atoms with van der Waals surface area (Å²) >= 11 is 0. The van der Waals surface area contributed by atoms with Gasteiger partial charge in [-0.05, 0) is 47.0 Å². The zero-order chi connectivity index (χ0) is 32.7. The minimum absolute atomic E-state index is 0.00987. The van der Waals surface area contributed by atoms with Crippen molar-refractivity contribution in [1.29, 1.82) is 0 Å². The number of rotatable bonds is 12. The fraction of sp³-hybridized carbons (Fsp3) is 0.688. The first-order valence-electron chi connectivity index (χ1n) is 15.6. The van der Waals surface area contributed by atoms with Crippen LogP contribution in [0.15, 0.2) is 29.2 Å². The summed E-state index contributed by atoms with van der Waals surface area (Å²) in [5, 5.41) is 8.56. The third-order valence-electron chi connectivity index (χ3n) is 9.70. The van der Waals surface area contributed by atoms with Gasteiger partial charge in [-0.15, -0.1) is 0 Å². The number of nitrogens with two attached hydrogens (primary N) is 1. The Balaban J connectivity index is 1.52. The summed E-state index contributed by atoms with van der Waals surface area (Å²) in [4.78, 5) is 79.5. The number of carbonyl (C=O) groups is 5. The first-order chi connectivity index (χ1) is 20.4. The minimum Gasteiger partial charge on any atom is -0.363 e. The van der Waals surface area contributed by atoms with Crippen molar-refractivity contribution in [2.45, 2.75) is 98.4 Å². The lowest BCUT2D eigenvalue weighted by Gasteiger charge is -2.38. The molecule has 1 aromatic heterocycles. The van der Waals surface area contributed by atoms with E-state index < -0.39 is 59.1 Å². The van der Waals surface area contributed by atoms with Gasteiger partial charge >= 0.3 is 6.03 Å². The fourth-order valence-corrected chi connectivity index (χ4v) is 6.56. The predicted molar refractivity (Wildman–Crippen MR) is 164 cm³/mol. The van der Waals surface area contributed by atoms with Crippen LogP contribution in [0.1, 0.15) is 67.7 Å². The zero-order valence-corrected chi connectivity index (χ0v) is 26.9. The van der Waals surface area contributed by atoms with E-state index in [9.17, 15) is 28.8 Å². The first kappa shape index (κ1) is 33.2. The van der Waals surface area contributed by atoms with Crippen molar-refractivity contribution >= 4 is 29.5 Å². The largest absolute Gasteiger partial charge is 0.363 e. The highest BCUT2D eigenvalue weighted by Crippen LogP contribution is 2.65. The maximum absolute atomic E-state index is 14.2. The molecule has 242 valence electrons. The standard InChI is InChI=1S/C32H48N6O6/c1-17(2)21(16-37-13-9-8-10-22(37)39)35-30(44)36-26(31(3,4)5)29(43)38-15-19-23(32(19,6)7)24(38)28(42)34-20(14-18-11-12-18)25(40)27(33)41/h8-10,13,17-21,23-24,26H,11-12,14-16H2,1-7H3,(H2,33,41)(H,34,42)(H2,35,36,44)/t19-,20?,21+,23-,24?,26+/m0/s1. The number of urea groups is 1. The average molecular weight is 613 g/mol. The van der Waals surface area contributed by atoms with Gasteiger partial charge in [-0.3, -0.25) is 24.0 Å². The molecule has 0 radical (unpaired) electrons. The molecule has 2 unspecified atom stereocenters. The minimum atomic E-state index is -1.10. The van der Waals surface area contributed by atoms with Gasteiger partial charge in [0.1, 0.15) is 12.1 Å². The fourth-order valence-electron chi connectivity index (χ4n) is 6.56. The van der Waals surface area contributed by atoms with E-state index in [2.05, 4.69) is 29.8 Å². The number of hydrogen-bond donors (Lipinski definition) is 4. The van der Waals surface area contributed by atoms with Gasteiger partial charge < -0.3 is 31.2 Å². The van der Waals surface area contributed by atoms with Crippen molar-refractivity contribution in [3.63, 3.8) is 0 Å². The van der Waals surface area contributed by atoms with Gasteiger partial charge in [0, 0.05) is 25.4 Å². The molecule has 5 N–H and O–H groups in total. The first-order valence-corrected chi connectivity index (χ1v) is 15.6. The van der Waals surface area contributed by atoms with E-state index in [1.165, 1.54) is 15.5 Å². The molecule has 0 bridgehead atoms. The Labute approximate surface area is 258 Å². The number of ketones is 1. The molecule has 3 fully saturated rings. The maximum atomic E-state index is 14.2. The average Bonchev–Trinajstić information content (AvgIpc) is 3.78. The van der Waals surface area contributed by atoms with Crippen LogP contribution < -0.4 is 27.2 Å². The molecule has 5 amide bonds. The SMILES string of the molecule is CC(C)[C@@H](Cn1ccccc1=O)NC(=O)N[C@H](C(=O)N1C[C@H]2[C@@H](C1C(=O)NC(CC1CC1)C(=O)C(N)=O)C2(C)C)C(C)(C)C. The second-order valence-electron chi connectivity index (χ2n) is 14.8. The number of amides is 5. The normalized spacial score (nSPS) is 24.1. The van der Waals surface area contributed by atoms with Crippen LogP contribution in [0.2, 0.25) is 0 Å². The number of pyridine rings is 1. The van der Waals surface area contributed by atoms with E-state index in [0.29, 0.717) is 13.0 Å². The van der Waals surface area contributed by atoms with E-state index in [4.69, 9.17) is 5.73 Å². The number of likely N-dealkylation sites (tertiary alicyclic amines) is 1. The number of hydrogen-bond acceptors (Lipinski definition) is 6. The Morgan fingerprint density at radius 3 is 2.25 bits per heavy atom. The van der Waals surface area contributed by atoms with E-state index >= 15 is 0 Å². The van der Waals surface area contributed by atoms with Crippen molar-refractivity contribution in [3.05, 3.63) is 34.7 Å². The van der Waals surface area contributed by atoms with Crippen LogP contribution >= 0.6 is 0 Å². The second kappa shape index (κ2) is 12.4. The number of nitrogens with zero attached hydrogens (tertiary/aromatic N) is 2. The van der Waals surface area contributed by atoms with Crippen LogP contribution in [0.5, 0.6) is 0 Å². The van der Waals surface area contributed by atoms with Gasteiger partial charge in [0.15, 0.2) is 0 Å². The van der Waals surface area contributed by atoms with E-state index in [1.807, 2.05) is 34.6 Å². The summed E-state index contributed by atoms with van der Waals surface area (Å²) in [7, 11) is 0. The Bertz CT molecular complexity index is 1360. The number of fused-ring (bicyclic) bond motifs is 1. The van der Waals surface area contributed by atoms with E-state index in [0.717, 1.165) is 12.8 Å². The summed E-state index contributed by atoms with van der Waals surface area (Å²) in [6.45, 7) is 14.1. The molecule has 6 atom stereocenters. The van der Waals surface area contributed by atoms with Crippen LogP contribution in [0, 0.1) is 34.5 Å². The number of aromatic nitrogens is 1. The second-order valence-corrected chi connectivity index (χ2v) is 14.8. The molecular weight excluding hydrogens is 564 g/mol. The van der Waals surface area contributed by atoms with Crippen molar-refractivity contribution in [3.8, 4) is 0 Å². The molecular formula is C32H48N6O6. The van der Waals surface area contributed by atoms with Gasteiger partial charge in [0.2, 0.25) is 17.6 Å². The van der Waals surface area contributed by atoms with E-state index in [-0.39, 0.29) is 41.2 Å². The molecule has 2 saturated carbocycles. The lowest BCUT2D eigenvalue weighted by atomic mass is 9.85. The predicted octanol–water partition coefficient (Wildman–Crippen LogP) is 1.41.